The van der Waals surface area contributed by atoms with Crippen molar-refractivity contribution in [3.05, 3.63) is 67.8 Å². The molecule has 0 aliphatic carbocycles. The van der Waals surface area contributed by atoms with Gasteiger partial charge < -0.3 is 9.84 Å². The van der Waals surface area contributed by atoms with Crippen molar-refractivity contribution in [3.8, 4) is 11.5 Å². The Bertz CT molecular complexity index is 943. The van der Waals surface area contributed by atoms with Crippen LogP contribution >= 0.6 is 0 Å². The molecule has 2 aromatic rings. The molecule has 0 saturated heterocycles. The van der Waals surface area contributed by atoms with Crippen molar-refractivity contribution in [2.24, 2.45) is 5.10 Å². The van der Waals surface area contributed by atoms with Gasteiger partial charge in [0.25, 0.3) is 11.4 Å². The number of nitrogens with one attached hydrogen (secondary N) is 1. The number of phenolic OH excluding ortho intramolecular Hbond substituents is 1. The van der Waals surface area contributed by atoms with Crippen molar-refractivity contribution >= 4 is 23.5 Å². The Labute approximate surface area is 158 Å². The van der Waals surface area contributed by atoms with E-state index in [1.54, 1.807) is 13.0 Å². The van der Waals surface area contributed by atoms with Gasteiger partial charge >= 0.3 is 0 Å². The highest BCUT2D eigenvalue weighted by atomic mass is 16.6. The van der Waals surface area contributed by atoms with Crippen molar-refractivity contribution in [3.63, 3.8) is 0 Å². The predicted octanol–water partition coefficient (Wildman–Crippen LogP) is 2.30. The van der Waals surface area contributed by atoms with Crippen molar-refractivity contribution in [2.75, 3.05) is 6.61 Å². The van der Waals surface area contributed by atoms with E-state index in [1.807, 2.05) is 0 Å². The molecule has 0 spiro atoms. The Morgan fingerprint density at radius 3 is 2.61 bits per heavy atom. The van der Waals surface area contributed by atoms with Gasteiger partial charge in [-0.3, -0.25) is 25.0 Å². The maximum absolute atomic E-state index is 12.0. The zero-order chi connectivity index (χ0) is 20.7. The molecule has 0 unspecified atom stereocenters. The fourth-order valence-corrected chi connectivity index (χ4v) is 2.31. The summed E-state index contributed by atoms with van der Waals surface area (Å²) in [4.78, 5) is 32.7. The summed E-state index contributed by atoms with van der Waals surface area (Å²) in [6.45, 7) is 1.83. The van der Waals surface area contributed by atoms with Gasteiger partial charge in [-0.15, -0.1) is 0 Å². The average molecular weight is 388 g/mol. The Morgan fingerprint density at radius 1 is 1.25 bits per heavy atom. The monoisotopic (exact) mass is 388 g/mol. The van der Waals surface area contributed by atoms with Gasteiger partial charge in [0.1, 0.15) is 0 Å². The lowest BCUT2D eigenvalue weighted by Crippen LogP contribution is -2.20. The Hall–Kier alpha value is -4.02. The zero-order valence-electron chi connectivity index (χ0n) is 14.7. The topological polar surface area (TPSA) is 157 Å². The van der Waals surface area contributed by atoms with E-state index in [0.29, 0.717) is 0 Å². The van der Waals surface area contributed by atoms with Crippen LogP contribution in [-0.2, 0) is 11.2 Å². The van der Waals surface area contributed by atoms with E-state index >= 15 is 0 Å². The van der Waals surface area contributed by atoms with E-state index < -0.39 is 15.8 Å². The molecule has 0 bridgehead atoms. The second-order valence-corrected chi connectivity index (χ2v) is 5.43. The molecular formula is C17H16N4O7. The number of benzene rings is 2. The highest BCUT2D eigenvalue weighted by Gasteiger charge is 2.17. The van der Waals surface area contributed by atoms with E-state index in [4.69, 9.17) is 4.74 Å². The first-order valence-electron chi connectivity index (χ1n) is 8.01. The first-order valence-corrected chi connectivity index (χ1v) is 8.01. The first-order chi connectivity index (χ1) is 13.3. The first kappa shape index (κ1) is 20.3. The van der Waals surface area contributed by atoms with E-state index in [0.717, 1.165) is 18.3 Å². The molecule has 11 heteroatoms. The number of hydrazone groups is 1. The van der Waals surface area contributed by atoms with Gasteiger partial charge in [0, 0.05) is 23.3 Å². The van der Waals surface area contributed by atoms with Gasteiger partial charge in [-0.1, -0.05) is 18.2 Å². The van der Waals surface area contributed by atoms with Gasteiger partial charge in [0.15, 0.2) is 11.5 Å². The number of nitro benzene ring substituents is 2. The summed E-state index contributed by atoms with van der Waals surface area (Å²) in [5.74, 6) is -1.10. The summed E-state index contributed by atoms with van der Waals surface area (Å²) in [7, 11) is 0. The lowest BCUT2D eigenvalue weighted by atomic mass is 10.1. The molecule has 146 valence electrons. The maximum Gasteiger partial charge on any atom is 0.274 e. The number of rotatable bonds is 8. The molecule has 0 radical (unpaired) electrons. The number of phenols is 1. The molecule has 11 nitrogen and oxygen atoms in total. The average Bonchev–Trinajstić information content (AvgIpc) is 2.64. The number of para-hydroxylation sites is 1. The van der Waals surface area contributed by atoms with Crippen LogP contribution in [0.25, 0.3) is 0 Å². The third-order valence-corrected chi connectivity index (χ3v) is 3.53. The Kier molecular flexibility index (Phi) is 6.58. The van der Waals surface area contributed by atoms with Crippen molar-refractivity contribution < 1.29 is 24.5 Å². The van der Waals surface area contributed by atoms with Crippen LogP contribution in [0.4, 0.5) is 11.4 Å². The quantitative estimate of drug-likeness (QED) is 0.399. The molecule has 2 N–H and O–H groups in total. The van der Waals surface area contributed by atoms with Crippen LogP contribution in [0, 0.1) is 20.2 Å². The molecule has 0 fully saturated rings. The van der Waals surface area contributed by atoms with Crippen molar-refractivity contribution in [1.82, 2.24) is 5.43 Å². The zero-order valence-corrected chi connectivity index (χ0v) is 14.7. The summed E-state index contributed by atoms with van der Waals surface area (Å²) >= 11 is 0. The summed E-state index contributed by atoms with van der Waals surface area (Å²) in [6, 6.07) is 7.91. The second-order valence-electron chi connectivity index (χ2n) is 5.43. The van der Waals surface area contributed by atoms with Crippen molar-refractivity contribution in [1.29, 1.82) is 0 Å². The second kappa shape index (κ2) is 9.07. The number of ether oxygens (including phenoxy) is 1. The molecule has 2 aromatic carbocycles. The molecule has 0 atom stereocenters. The van der Waals surface area contributed by atoms with Crippen LogP contribution in [0.15, 0.2) is 41.5 Å². The molecule has 28 heavy (non-hydrogen) atoms. The number of nitro groups is 2. The highest BCUT2D eigenvalue weighted by molar-refractivity contribution is 5.88. The third-order valence-electron chi connectivity index (χ3n) is 3.53. The van der Waals surface area contributed by atoms with Crippen molar-refractivity contribution in [2.45, 2.75) is 13.3 Å². The standard InChI is InChI=1S/C17H16N4O7/c1-2-28-15-9-13(20(24)25)7-12(17(15)23)10-18-19-16(22)8-11-5-3-4-6-14(11)21(26)27/h3-7,9-10,23H,2,8H2,1H3,(H,19,22)/b18-10+. The summed E-state index contributed by atoms with van der Waals surface area (Å²) in [5, 5.41) is 35.7. The van der Waals surface area contributed by atoms with Gasteiger partial charge in [-0.2, -0.15) is 5.10 Å². The SMILES string of the molecule is CCOc1cc([N+](=O)[O-])cc(/C=N/NC(=O)Cc2ccccc2[N+](=O)[O-])c1O. The van der Waals surface area contributed by atoms with Gasteiger partial charge in [-0.05, 0) is 6.92 Å². The number of carbonyl (C=O) groups excluding carboxylic acids is 1. The maximum atomic E-state index is 12.0. The minimum Gasteiger partial charge on any atom is -0.504 e. The number of amides is 1. The molecule has 0 aliphatic rings. The van der Waals surface area contributed by atoms with E-state index in [-0.39, 0.29) is 47.0 Å². The van der Waals surface area contributed by atoms with E-state index in [9.17, 15) is 30.1 Å². The number of carbonyl (C=O) groups is 1. The molecule has 0 heterocycles. The Morgan fingerprint density at radius 2 is 1.96 bits per heavy atom. The fourth-order valence-electron chi connectivity index (χ4n) is 2.31. The van der Waals surface area contributed by atoms with Crippen LogP contribution in [-0.4, -0.2) is 33.7 Å². The summed E-state index contributed by atoms with van der Waals surface area (Å²) in [6.07, 6.45) is 0.724. The number of hydrogen-bond acceptors (Lipinski definition) is 8. The van der Waals surface area contributed by atoms with Crippen LogP contribution in [0.5, 0.6) is 11.5 Å². The van der Waals surface area contributed by atoms with Crippen LogP contribution in [0.3, 0.4) is 0 Å². The molecule has 2 rings (SSSR count). The third kappa shape index (κ3) is 5.00. The highest BCUT2D eigenvalue weighted by Crippen LogP contribution is 2.33. The molecule has 0 aliphatic heterocycles. The molecule has 0 saturated carbocycles. The van der Waals surface area contributed by atoms with Crippen LogP contribution in [0.2, 0.25) is 0 Å². The lowest BCUT2D eigenvalue weighted by molar-refractivity contribution is -0.385. The number of nitrogens with zero attached hydrogens (tertiary/aromatic N) is 3. The Balaban J connectivity index is 2.15. The lowest BCUT2D eigenvalue weighted by Gasteiger charge is -2.08. The van der Waals surface area contributed by atoms with Gasteiger partial charge in [0.05, 0.1) is 35.2 Å². The molecule has 1 amide bonds. The fraction of sp³-hybridized carbons (Fsp3) is 0.176. The molecular weight excluding hydrogens is 372 g/mol. The minimum absolute atomic E-state index is 0.0383. The minimum atomic E-state index is -0.660. The smallest absolute Gasteiger partial charge is 0.274 e. The predicted molar refractivity (Wildman–Crippen MR) is 98.5 cm³/mol. The largest absolute Gasteiger partial charge is 0.504 e. The number of hydrogen-bond donors (Lipinski definition) is 2. The van der Waals surface area contributed by atoms with E-state index in [2.05, 4.69) is 10.5 Å². The summed E-state index contributed by atoms with van der Waals surface area (Å²) in [5.41, 5.74) is 1.81. The number of non-ortho nitro benzene ring substituents is 1. The van der Waals surface area contributed by atoms with Gasteiger partial charge in [0.2, 0.25) is 5.91 Å². The summed E-state index contributed by atoms with van der Waals surface area (Å²) < 4.78 is 5.14. The van der Waals surface area contributed by atoms with E-state index in [1.165, 1.54) is 18.2 Å². The van der Waals surface area contributed by atoms with Crippen LogP contribution in [0.1, 0.15) is 18.1 Å². The normalized spacial score (nSPS) is 10.6. The van der Waals surface area contributed by atoms with Gasteiger partial charge in [-0.25, -0.2) is 5.43 Å². The van der Waals surface area contributed by atoms with Crippen LogP contribution < -0.4 is 10.2 Å². The molecule has 0 aromatic heterocycles. The number of aromatic hydroxyl groups is 1.